The Labute approximate surface area is 62.0 Å². The predicted octanol–water partition coefficient (Wildman–Crippen LogP) is 2.34. The highest BCUT2D eigenvalue weighted by atomic mass is 14.4. The molecule has 54 valence electrons. The molecule has 10 heavy (non-hydrogen) atoms. The van der Waals surface area contributed by atoms with Crippen LogP contribution in [0.25, 0.3) is 0 Å². The second-order valence-corrected chi connectivity index (χ2v) is 3.80. The highest BCUT2D eigenvalue weighted by Gasteiger charge is 2.38. The Morgan fingerprint density at radius 3 is 2.70 bits per heavy atom. The standard InChI is InChI=1S/C9H13N/c10-4-3-9-6-7-1-2-8(9)5-7/h7-9H,1-3,5-6H2/t7-,8+,9-/m0/s1. The quantitative estimate of drug-likeness (QED) is 0.541. The molecular formula is C9H13N. The van der Waals surface area contributed by atoms with Gasteiger partial charge in [-0.2, -0.15) is 5.26 Å². The van der Waals surface area contributed by atoms with Crippen LogP contribution in [0.15, 0.2) is 0 Å². The summed E-state index contributed by atoms with van der Waals surface area (Å²) in [6, 6.07) is 2.29. The van der Waals surface area contributed by atoms with Gasteiger partial charge in [0.1, 0.15) is 0 Å². The SMILES string of the molecule is N#CC[C@H]1C[C@H]2CC[C@@H]1C2. The average molecular weight is 135 g/mol. The molecule has 1 heteroatoms. The van der Waals surface area contributed by atoms with Crippen LogP contribution in [0, 0.1) is 29.1 Å². The van der Waals surface area contributed by atoms with Gasteiger partial charge in [0.15, 0.2) is 0 Å². The van der Waals surface area contributed by atoms with Gasteiger partial charge in [0.2, 0.25) is 0 Å². The minimum atomic E-state index is 0.781. The normalized spacial score (nSPS) is 43.7. The van der Waals surface area contributed by atoms with E-state index in [1.165, 1.54) is 25.7 Å². The first-order valence-electron chi connectivity index (χ1n) is 4.27. The topological polar surface area (TPSA) is 23.8 Å². The lowest BCUT2D eigenvalue weighted by Gasteiger charge is -2.17. The lowest BCUT2D eigenvalue weighted by molar-refractivity contribution is 0.339. The first-order valence-corrected chi connectivity index (χ1v) is 4.27. The van der Waals surface area contributed by atoms with Crippen molar-refractivity contribution in [2.75, 3.05) is 0 Å². The minimum absolute atomic E-state index is 0.781. The zero-order valence-corrected chi connectivity index (χ0v) is 6.21. The molecule has 0 N–H and O–H groups in total. The zero-order chi connectivity index (χ0) is 6.97. The number of hydrogen-bond acceptors (Lipinski definition) is 1. The van der Waals surface area contributed by atoms with Crippen molar-refractivity contribution < 1.29 is 0 Å². The summed E-state index contributed by atoms with van der Waals surface area (Å²) in [7, 11) is 0. The maximum absolute atomic E-state index is 8.50. The van der Waals surface area contributed by atoms with E-state index < -0.39 is 0 Å². The van der Waals surface area contributed by atoms with Crippen LogP contribution in [0.3, 0.4) is 0 Å². The Bertz CT molecular complexity index is 168. The van der Waals surface area contributed by atoms with Crippen LogP contribution in [0.1, 0.15) is 32.1 Å². The molecule has 0 radical (unpaired) electrons. The Hall–Kier alpha value is -0.510. The molecule has 0 spiro atoms. The molecule has 2 fully saturated rings. The molecule has 2 aliphatic carbocycles. The van der Waals surface area contributed by atoms with Crippen molar-refractivity contribution in [2.24, 2.45) is 17.8 Å². The fourth-order valence-electron chi connectivity index (χ4n) is 2.74. The lowest BCUT2D eigenvalue weighted by atomic mass is 9.87. The Kier molecular flexibility index (Phi) is 1.41. The van der Waals surface area contributed by atoms with E-state index in [4.69, 9.17) is 5.26 Å². The van der Waals surface area contributed by atoms with E-state index in [0.29, 0.717) is 0 Å². The van der Waals surface area contributed by atoms with Gasteiger partial charge in [-0.1, -0.05) is 6.42 Å². The highest BCUT2D eigenvalue weighted by Crippen LogP contribution is 2.49. The third-order valence-corrected chi connectivity index (χ3v) is 3.24. The molecule has 3 atom stereocenters. The van der Waals surface area contributed by atoms with Gasteiger partial charge in [-0.05, 0) is 37.0 Å². The lowest BCUT2D eigenvalue weighted by Crippen LogP contribution is -2.08. The molecule has 2 saturated carbocycles. The summed E-state index contributed by atoms with van der Waals surface area (Å²) in [5, 5.41) is 8.50. The summed E-state index contributed by atoms with van der Waals surface area (Å²) < 4.78 is 0. The van der Waals surface area contributed by atoms with Crippen molar-refractivity contribution in [2.45, 2.75) is 32.1 Å². The van der Waals surface area contributed by atoms with E-state index in [1.54, 1.807) is 0 Å². The molecule has 0 aliphatic heterocycles. The summed E-state index contributed by atoms with van der Waals surface area (Å²) in [6.07, 6.45) is 6.48. The summed E-state index contributed by atoms with van der Waals surface area (Å²) in [6.45, 7) is 0. The van der Waals surface area contributed by atoms with Gasteiger partial charge in [-0.3, -0.25) is 0 Å². The molecule has 0 saturated heterocycles. The molecule has 2 bridgehead atoms. The Morgan fingerprint density at radius 1 is 1.30 bits per heavy atom. The van der Waals surface area contributed by atoms with Crippen LogP contribution in [-0.2, 0) is 0 Å². The van der Waals surface area contributed by atoms with Crippen LogP contribution >= 0.6 is 0 Å². The molecule has 2 rings (SSSR count). The number of rotatable bonds is 1. The van der Waals surface area contributed by atoms with Crippen LogP contribution in [-0.4, -0.2) is 0 Å². The fraction of sp³-hybridized carbons (Fsp3) is 0.889. The average Bonchev–Trinajstić information content (AvgIpc) is 2.48. The van der Waals surface area contributed by atoms with Gasteiger partial charge >= 0.3 is 0 Å². The van der Waals surface area contributed by atoms with E-state index in [-0.39, 0.29) is 0 Å². The molecule has 0 heterocycles. The molecule has 0 amide bonds. The summed E-state index contributed by atoms with van der Waals surface area (Å²) in [5.74, 6) is 2.72. The third-order valence-electron chi connectivity index (χ3n) is 3.24. The van der Waals surface area contributed by atoms with Crippen molar-refractivity contribution in [1.82, 2.24) is 0 Å². The first-order chi connectivity index (χ1) is 4.90. The second kappa shape index (κ2) is 2.27. The van der Waals surface area contributed by atoms with E-state index in [9.17, 15) is 0 Å². The zero-order valence-electron chi connectivity index (χ0n) is 6.21. The summed E-state index contributed by atoms with van der Waals surface area (Å²) >= 11 is 0. The predicted molar refractivity (Wildman–Crippen MR) is 39.2 cm³/mol. The van der Waals surface area contributed by atoms with Crippen LogP contribution < -0.4 is 0 Å². The molecular weight excluding hydrogens is 122 g/mol. The fourth-order valence-corrected chi connectivity index (χ4v) is 2.74. The van der Waals surface area contributed by atoms with Crippen molar-refractivity contribution in [3.05, 3.63) is 0 Å². The molecule has 0 aromatic rings. The smallest absolute Gasteiger partial charge is 0.0624 e. The number of fused-ring (bicyclic) bond motifs is 2. The minimum Gasteiger partial charge on any atom is -0.198 e. The maximum atomic E-state index is 8.50. The number of nitrogens with zero attached hydrogens (tertiary/aromatic N) is 1. The van der Waals surface area contributed by atoms with Gasteiger partial charge in [0.05, 0.1) is 6.07 Å². The molecule has 2 aliphatic rings. The number of nitriles is 1. The van der Waals surface area contributed by atoms with Crippen LogP contribution in [0.2, 0.25) is 0 Å². The molecule has 0 aromatic carbocycles. The van der Waals surface area contributed by atoms with E-state index >= 15 is 0 Å². The second-order valence-electron chi connectivity index (χ2n) is 3.80. The van der Waals surface area contributed by atoms with E-state index in [2.05, 4.69) is 6.07 Å². The van der Waals surface area contributed by atoms with Crippen molar-refractivity contribution in [3.8, 4) is 6.07 Å². The largest absolute Gasteiger partial charge is 0.198 e. The maximum Gasteiger partial charge on any atom is 0.0624 e. The number of hydrogen-bond donors (Lipinski definition) is 0. The van der Waals surface area contributed by atoms with E-state index in [0.717, 1.165) is 24.2 Å². The van der Waals surface area contributed by atoms with Crippen molar-refractivity contribution in [1.29, 1.82) is 5.26 Å². The summed E-state index contributed by atoms with van der Waals surface area (Å²) in [5.41, 5.74) is 0. The van der Waals surface area contributed by atoms with Crippen LogP contribution in [0.5, 0.6) is 0 Å². The monoisotopic (exact) mass is 135 g/mol. The third kappa shape index (κ3) is 0.831. The highest BCUT2D eigenvalue weighted by molar-refractivity contribution is 4.93. The Balaban J connectivity index is 1.97. The molecule has 0 aromatic heterocycles. The van der Waals surface area contributed by atoms with Gasteiger partial charge in [0, 0.05) is 6.42 Å². The Morgan fingerprint density at radius 2 is 2.20 bits per heavy atom. The van der Waals surface area contributed by atoms with Gasteiger partial charge in [0.25, 0.3) is 0 Å². The van der Waals surface area contributed by atoms with Gasteiger partial charge < -0.3 is 0 Å². The van der Waals surface area contributed by atoms with E-state index in [1.807, 2.05) is 0 Å². The van der Waals surface area contributed by atoms with Crippen molar-refractivity contribution in [3.63, 3.8) is 0 Å². The van der Waals surface area contributed by atoms with Gasteiger partial charge in [-0.25, -0.2) is 0 Å². The first kappa shape index (κ1) is 6.22. The van der Waals surface area contributed by atoms with Crippen molar-refractivity contribution >= 4 is 0 Å². The van der Waals surface area contributed by atoms with Crippen LogP contribution in [0.4, 0.5) is 0 Å². The van der Waals surface area contributed by atoms with Gasteiger partial charge in [-0.15, -0.1) is 0 Å². The summed E-state index contributed by atoms with van der Waals surface area (Å²) in [4.78, 5) is 0. The molecule has 0 unspecified atom stereocenters. The molecule has 1 nitrogen and oxygen atoms in total.